The highest BCUT2D eigenvalue weighted by molar-refractivity contribution is 7.21. The first-order valence-electron chi connectivity index (χ1n) is 8.60. The third-order valence-electron chi connectivity index (χ3n) is 4.98. The number of amides is 1. The summed E-state index contributed by atoms with van der Waals surface area (Å²) in [5.74, 6) is 0.110. The molecule has 5 rings (SSSR count). The zero-order valence-electron chi connectivity index (χ0n) is 14.3. The third kappa shape index (κ3) is 2.55. The fourth-order valence-corrected chi connectivity index (χ4v) is 5.37. The van der Waals surface area contributed by atoms with Gasteiger partial charge in [-0.15, -0.1) is 22.7 Å². The lowest BCUT2D eigenvalue weighted by Crippen LogP contribution is -2.49. The standard InChI is InChI=1S/C19H18N4OS2/c1-21-7-8-22(15(12-21)13-5-3-2-4-6-13)18(24)16-11-14-17(26-16)20-19-23(14)9-10-25-19/h2-6,9-11,15H,7-8,12H2,1H3/t15-/m1/s1. The Morgan fingerprint density at radius 2 is 2.08 bits per heavy atom. The van der Waals surface area contributed by atoms with E-state index in [1.807, 2.05) is 40.7 Å². The number of thiophene rings is 1. The molecule has 1 aromatic carbocycles. The second kappa shape index (κ2) is 6.19. The van der Waals surface area contributed by atoms with Crippen LogP contribution < -0.4 is 0 Å². The van der Waals surface area contributed by atoms with E-state index in [9.17, 15) is 4.79 Å². The van der Waals surface area contributed by atoms with Gasteiger partial charge in [0.2, 0.25) is 0 Å². The van der Waals surface area contributed by atoms with E-state index in [1.165, 1.54) is 16.9 Å². The summed E-state index contributed by atoms with van der Waals surface area (Å²) in [6, 6.07) is 12.4. The Kier molecular flexibility index (Phi) is 3.81. The molecule has 1 atom stereocenters. The minimum Gasteiger partial charge on any atom is -0.328 e. The van der Waals surface area contributed by atoms with Crippen LogP contribution in [0.4, 0.5) is 0 Å². The van der Waals surface area contributed by atoms with Gasteiger partial charge >= 0.3 is 0 Å². The van der Waals surface area contributed by atoms with Crippen LogP contribution in [0.3, 0.4) is 0 Å². The molecule has 0 radical (unpaired) electrons. The molecule has 132 valence electrons. The molecule has 1 aliphatic rings. The molecule has 7 heteroatoms. The van der Waals surface area contributed by atoms with Crippen LogP contribution in [-0.2, 0) is 0 Å². The molecule has 5 nitrogen and oxygen atoms in total. The minimum atomic E-state index is 0.0840. The van der Waals surface area contributed by atoms with Crippen molar-refractivity contribution in [2.45, 2.75) is 6.04 Å². The van der Waals surface area contributed by atoms with E-state index in [1.54, 1.807) is 11.3 Å². The summed E-state index contributed by atoms with van der Waals surface area (Å²) in [5, 5.41) is 2.02. The van der Waals surface area contributed by atoms with Gasteiger partial charge in [0.25, 0.3) is 5.91 Å². The van der Waals surface area contributed by atoms with E-state index in [2.05, 4.69) is 33.5 Å². The van der Waals surface area contributed by atoms with Crippen molar-refractivity contribution in [2.24, 2.45) is 0 Å². The lowest BCUT2D eigenvalue weighted by atomic mass is 10.0. The lowest BCUT2D eigenvalue weighted by molar-refractivity contribution is 0.0503. The van der Waals surface area contributed by atoms with Gasteiger partial charge in [0, 0.05) is 31.2 Å². The number of fused-ring (bicyclic) bond motifs is 3. The van der Waals surface area contributed by atoms with Crippen molar-refractivity contribution in [3.63, 3.8) is 0 Å². The highest BCUT2D eigenvalue weighted by atomic mass is 32.1. The van der Waals surface area contributed by atoms with Gasteiger partial charge in [0.1, 0.15) is 4.83 Å². The molecule has 3 aromatic heterocycles. The molecule has 0 spiro atoms. The summed E-state index contributed by atoms with van der Waals surface area (Å²) in [6.07, 6.45) is 2.01. The Morgan fingerprint density at radius 1 is 1.23 bits per heavy atom. The largest absolute Gasteiger partial charge is 0.328 e. The maximum absolute atomic E-state index is 13.3. The Balaban J connectivity index is 1.52. The van der Waals surface area contributed by atoms with Crippen molar-refractivity contribution in [3.8, 4) is 0 Å². The molecule has 1 aliphatic heterocycles. The Bertz CT molecular complexity index is 1080. The molecule has 1 amide bonds. The number of piperazine rings is 1. The number of aromatic nitrogens is 2. The quantitative estimate of drug-likeness (QED) is 0.530. The second-order valence-corrected chi connectivity index (χ2v) is 8.56. The first kappa shape index (κ1) is 16.0. The van der Waals surface area contributed by atoms with E-state index in [0.29, 0.717) is 0 Å². The average Bonchev–Trinajstić information content (AvgIpc) is 3.34. The summed E-state index contributed by atoms with van der Waals surface area (Å²) in [6.45, 7) is 2.49. The monoisotopic (exact) mass is 382 g/mol. The molecule has 0 N–H and O–H groups in total. The van der Waals surface area contributed by atoms with Crippen LogP contribution in [0.15, 0.2) is 48.0 Å². The third-order valence-corrected chi connectivity index (χ3v) is 6.74. The molecule has 4 aromatic rings. The fraction of sp³-hybridized carbons (Fsp3) is 0.263. The molecule has 0 bridgehead atoms. The first-order valence-corrected chi connectivity index (χ1v) is 10.3. The summed E-state index contributed by atoms with van der Waals surface area (Å²) >= 11 is 3.11. The van der Waals surface area contributed by atoms with Crippen LogP contribution in [0.1, 0.15) is 21.3 Å². The van der Waals surface area contributed by atoms with Gasteiger partial charge in [0.15, 0.2) is 4.96 Å². The van der Waals surface area contributed by atoms with Gasteiger partial charge in [-0.2, -0.15) is 0 Å². The van der Waals surface area contributed by atoms with E-state index >= 15 is 0 Å². The van der Waals surface area contributed by atoms with Crippen LogP contribution in [0.2, 0.25) is 0 Å². The van der Waals surface area contributed by atoms with Gasteiger partial charge in [-0.05, 0) is 18.7 Å². The molecule has 4 heterocycles. The van der Waals surface area contributed by atoms with Crippen LogP contribution in [0.25, 0.3) is 15.3 Å². The topological polar surface area (TPSA) is 40.8 Å². The maximum Gasteiger partial charge on any atom is 0.264 e. The Morgan fingerprint density at radius 3 is 2.92 bits per heavy atom. The number of rotatable bonds is 2. The molecule has 0 saturated carbocycles. The Labute approximate surface area is 159 Å². The SMILES string of the molecule is CN1CCN(C(=O)c2cc3c(nc4sccn43)s2)[C@@H](c2ccccc2)C1. The van der Waals surface area contributed by atoms with Crippen molar-refractivity contribution in [1.29, 1.82) is 0 Å². The number of carbonyl (C=O) groups excluding carboxylic acids is 1. The van der Waals surface area contributed by atoms with E-state index in [0.717, 1.165) is 39.8 Å². The number of hydrogen-bond donors (Lipinski definition) is 0. The van der Waals surface area contributed by atoms with Crippen molar-refractivity contribution < 1.29 is 4.79 Å². The van der Waals surface area contributed by atoms with Crippen molar-refractivity contribution in [2.75, 3.05) is 26.7 Å². The Hall–Kier alpha value is -2.22. The van der Waals surface area contributed by atoms with E-state index in [4.69, 9.17) is 0 Å². The number of thiazole rings is 1. The minimum absolute atomic E-state index is 0.0840. The smallest absolute Gasteiger partial charge is 0.264 e. The molecular weight excluding hydrogens is 364 g/mol. The first-order chi connectivity index (χ1) is 12.7. The molecule has 26 heavy (non-hydrogen) atoms. The van der Waals surface area contributed by atoms with Gasteiger partial charge in [0.05, 0.1) is 16.4 Å². The van der Waals surface area contributed by atoms with E-state index < -0.39 is 0 Å². The molecule has 1 saturated heterocycles. The predicted molar refractivity (Wildman–Crippen MR) is 106 cm³/mol. The zero-order chi connectivity index (χ0) is 17.7. The van der Waals surface area contributed by atoms with Crippen molar-refractivity contribution in [1.82, 2.24) is 19.2 Å². The number of imidazole rings is 1. The van der Waals surface area contributed by atoms with Crippen LogP contribution in [0, 0.1) is 0 Å². The van der Waals surface area contributed by atoms with Crippen LogP contribution >= 0.6 is 22.7 Å². The average molecular weight is 383 g/mol. The van der Waals surface area contributed by atoms with E-state index in [-0.39, 0.29) is 11.9 Å². The van der Waals surface area contributed by atoms with Crippen molar-refractivity contribution >= 4 is 43.9 Å². The molecule has 0 aliphatic carbocycles. The highest BCUT2D eigenvalue weighted by Gasteiger charge is 2.32. The highest BCUT2D eigenvalue weighted by Crippen LogP contribution is 2.32. The predicted octanol–water partition coefficient (Wildman–Crippen LogP) is 3.74. The van der Waals surface area contributed by atoms with Crippen LogP contribution in [0.5, 0.6) is 0 Å². The number of hydrogen-bond acceptors (Lipinski definition) is 5. The second-order valence-electron chi connectivity index (χ2n) is 6.66. The van der Waals surface area contributed by atoms with Gasteiger partial charge in [-0.3, -0.25) is 9.20 Å². The number of benzene rings is 1. The normalized spacial score (nSPS) is 18.8. The summed E-state index contributed by atoms with van der Waals surface area (Å²) in [4.78, 5) is 24.9. The summed E-state index contributed by atoms with van der Waals surface area (Å²) < 4.78 is 2.06. The number of likely N-dealkylation sites (N-methyl/N-ethyl adjacent to an activating group) is 1. The summed E-state index contributed by atoms with van der Waals surface area (Å²) in [7, 11) is 2.12. The van der Waals surface area contributed by atoms with Crippen LogP contribution in [-0.4, -0.2) is 51.8 Å². The number of nitrogens with zero attached hydrogens (tertiary/aromatic N) is 4. The fourth-order valence-electron chi connectivity index (χ4n) is 3.62. The summed E-state index contributed by atoms with van der Waals surface area (Å²) in [5.41, 5.74) is 2.22. The van der Waals surface area contributed by atoms with Gasteiger partial charge in [-0.1, -0.05) is 30.3 Å². The molecule has 1 fully saturated rings. The molecular formula is C19H18N4OS2. The van der Waals surface area contributed by atoms with Gasteiger partial charge in [-0.25, -0.2) is 4.98 Å². The molecule has 0 unspecified atom stereocenters. The maximum atomic E-state index is 13.3. The van der Waals surface area contributed by atoms with Crippen molar-refractivity contribution in [3.05, 3.63) is 58.4 Å². The number of carbonyl (C=O) groups is 1. The zero-order valence-corrected chi connectivity index (χ0v) is 16.0. The lowest BCUT2D eigenvalue weighted by Gasteiger charge is -2.40. The van der Waals surface area contributed by atoms with Gasteiger partial charge < -0.3 is 9.80 Å².